The summed E-state index contributed by atoms with van der Waals surface area (Å²) in [5.41, 5.74) is -1.01. The zero-order valence-electron chi connectivity index (χ0n) is 10.8. The molecule has 1 aliphatic rings. The Labute approximate surface area is 93.1 Å². The highest BCUT2D eigenvalue weighted by atomic mass is 16.5. The molecule has 3 nitrogen and oxygen atoms in total. The molecule has 0 spiro atoms. The molecule has 0 aromatic carbocycles. The molecule has 82 valence electrons. The summed E-state index contributed by atoms with van der Waals surface area (Å²) in [5.74, 6) is -1.70. The Bertz CT molecular complexity index is 352. The van der Waals surface area contributed by atoms with Gasteiger partial charge in [0.25, 0.3) is 0 Å². The van der Waals surface area contributed by atoms with Crippen LogP contribution >= 0.6 is 0 Å². The molecule has 0 saturated heterocycles. The van der Waals surface area contributed by atoms with Crippen LogP contribution in [0.1, 0.15) is 35.0 Å². The predicted molar refractivity (Wildman–Crippen MR) is 56.6 cm³/mol. The van der Waals surface area contributed by atoms with E-state index in [-0.39, 0.29) is 11.5 Å². The molecule has 0 aromatic rings. The van der Waals surface area contributed by atoms with Crippen molar-refractivity contribution in [2.75, 3.05) is 7.11 Å². The number of nitrogens with zero attached hydrogens (tertiary/aromatic N) is 2. The van der Waals surface area contributed by atoms with E-state index in [0.717, 1.165) is 6.42 Å². The Balaban J connectivity index is 3.24. The summed E-state index contributed by atoms with van der Waals surface area (Å²) in [6.45, 7) is 5.81. The first kappa shape index (κ1) is 10.5. The number of methoxy groups -OCH3 is 1. The lowest BCUT2D eigenvalue weighted by molar-refractivity contribution is -0.0254. The maximum atomic E-state index is 9.10. The monoisotopic (exact) mass is 207 g/mol. The van der Waals surface area contributed by atoms with Crippen molar-refractivity contribution >= 4 is 0 Å². The standard InChI is InChI=1S/C12H18N2O/c1-11(2)10(15-4)5-6-12(11,3)9(7-13)8-14/h9-10H,5-6H2,1-4H3/i9D. The van der Waals surface area contributed by atoms with Crippen LogP contribution in [-0.2, 0) is 4.74 Å². The van der Waals surface area contributed by atoms with Gasteiger partial charge >= 0.3 is 0 Å². The molecule has 1 rings (SSSR count). The van der Waals surface area contributed by atoms with Gasteiger partial charge in [-0.15, -0.1) is 0 Å². The summed E-state index contributed by atoms with van der Waals surface area (Å²) in [5, 5.41) is 18.2. The Morgan fingerprint density at radius 3 is 2.27 bits per heavy atom. The van der Waals surface area contributed by atoms with Gasteiger partial charge in [0.1, 0.15) is 5.89 Å². The van der Waals surface area contributed by atoms with Crippen molar-refractivity contribution in [3.05, 3.63) is 0 Å². The largest absolute Gasteiger partial charge is 0.381 e. The summed E-state index contributed by atoms with van der Waals surface area (Å²) < 4.78 is 13.5. The first-order valence-corrected chi connectivity index (χ1v) is 5.14. The van der Waals surface area contributed by atoms with Crippen molar-refractivity contribution in [2.45, 2.75) is 39.7 Å². The van der Waals surface area contributed by atoms with Gasteiger partial charge in [0, 0.05) is 12.5 Å². The van der Waals surface area contributed by atoms with Gasteiger partial charge in [-0.1, -0.05) is 20.8 Å². The molecule has 0 N–H and O–H groups in total. The fraction of sp³-hybridized carbons (Fsp3) is 0.833. The third-order valence-corrected chi connectivity index (χ3v) is 4.19. The normalized spacial score (nSPS) is 35.3. The van der Waals surface area contributed by atoms with Crippen LogP contribution in [0.25, 0.3) is 0 Å². The molecule has 2 atom stereocenters. The number of nitriles is 2. The van der Waals surface area contributed by atoms with Gasteiger partial charge < -0.3 is 4.74 Å². The highest BCUT2D eigenvalue weighted by Gasteiger charge is 2.56. The Hall–Kier alpha value is -1.06. The molecule has 3 heteroatoms. The van der Waals surface area contributed by atoms with Crippen molar-refractivity contribution in [3.8, 4) is 12.1 Å². The fourth-order valence-corrected chi connectivity index (χ4v) is 2.59. The Kier molecular flexibility index (Phi) is 2.67. The summed E-state index contributed by atoms with van der Waals surface area (Å²) in [6, 6.07) is 3.72. The van der Waals surface area contributed by atoms with E-state index in [9.17, 15) is 0 Å². The third kappa shape index (κ3) is 1.52. The van der Waals surface area contributed by atoms with Gasteiger partial charge in [0.15, 0.2) is 0 Å². The zero-order valence-corrected chi connectivity index (χ0v) is 9.79. The minimum Gasteiger partial charge on any atom is -0.381 e. The van der Waals surface area contributed by atoms with E-state index in [1.165, 1.54) is 0 Å². The van der Waals surface area contributed by atoms with Crippen LogP contribution in [0.15, 0.2) is 0 Å². The Morgan fingerprint density at radius 1 is 1.40 bits per heavy atom. The summed E-state index contributed by atoms with van der Waals surface area (Å²) in [7, 11) is 1.64. The predicted octanol–water partition coefficient (Wildman–Crippen LogP) is 2.49. The molecule has 0 aliphatic heterocycles. The lowest BCUT2D eigenvalue weighted by atomic mass is 9.62. The average Bonchev–Trinajstić information content (AvgIpc) is 2.50. The summed E-state index contributed by atoms with van der Waals surface area (Å²) in [4.78, 5) is 0. The van der Waals surface area contributed by atoms with E-state index in [1.54, 1.807) is 7.11 Å². The maximum absolute atomic E-state index is 9.10. The van der Waals surface area contributed by atoms with Gasteiger partial charge in [-0.3, -0.25) is 0 Å². The van der Waals surface area contributed by atoms with Crippen molar-refractivity contribution in [1.29, 1.82) is 10.5 Å². The van der Waals surface area contributed by atoms with Gasteiger partial charge in [0.2, 0.25) is 0 Å². The lowest BCUT2D eigenvalue weighted by Gasteiger charge is -2.41. The molecule has 1 fully saturated rings. The number of rotatable bonds is 2. The van der Waals surface area contributed by atoms with Crippen LogP contribution in [0.2, 0.25) is 0 Å². The first-order valence-electron chi connectivity index (χ1n) is 5.64. The second-order valence-corrected chi connectivity index (χ2v) is 4.92. The highest BCUT2D eigenvalue weighted by Crippen LogP contribution is 2.57. The van der Waals surface area contributed by atoms with Gasteiger partial charge in [-0.25, -0.2) is 0 Å². The summed E-state index contributed by atoms with van der Waals surface area (Å²) >= 11 is 0. The van der Waals surface area contributed by atoms with Crippen molar-refractivity contribution in [1.82, 2.24) is 0 Å². The third-order valence-electron chi connectivity index (χ3n) is 4.19. The van der Waals surface area contributed by atoms with E-state index in [2.05, 4.69) is 0 Å². The maximum Gasteiger partial charge on any atom is 0.139 e. The van der Waals surface area contributed by atoms with Crippen LogP contribution < -0.4 is 0 Å². The molecule has 0 radical (unpaired) electrons. The SMILES string of the molecule is [2H]C(C#N)(C#N)C1(C)CCC(OC)C1(C)C. The molecular weight excluding hydrogens is 188 g/mol. The van der Waals surface area contributed by atoms with E-state index < -0.39 is 11.3 Å². The van der Waals surface area contributed by atoms with Gasteiger partial charge in [-0.05, 0) is 18.3 Å². The van der Waals surface area contributed by atoms with Crippen LogP contribution in [0.3, 0.4) is 0 Å². The zero-order chi connectivity index (χ0) is 12.6. The molecule has 0 aromatic heterocycles. The van der Waals surface area contributed by atoms with Crippen molar-refractivity contribution in [3.63, 3.8) is 0 Å². The number of ether oxygens (including phenoxy) is 1. The molecule has 0 amide bonds. The molecule has 1 saturated carbocycles. The molecule has 0 heterocycles. The lowest BCUT2D eigenvalue weighted by Crippen LogP contribution is -2.42. The average molecular weight is 207 g/mol. The van der Waals surface area contributed by atoms with Crippen molar-refractivity contribution in [2.24, 2.45) is 16.7 Å². The van der Waals surface area contributed by atoms with Crippen LogP contribution in [-0.4, -0.2) is 13.2 Å². The first-order chi connectivity index (χ1) is 7.29. The minimum absolute atomic E-state index is 0.00363. The topological polar surface area (TPSA) is 56.8 Å². The number of hydrogen-bond acceptors (Lipinski definition) is 3. The van der Waals surface area contributed by atoms with E-state index in [1.807, 2.05) is 32.9 Å². The second-order valence-electron chi connectivity index (χ2n) is 4.92. The van der Waals surface area contributed by atoms with Gasteiger partial charge in [-0.2, -0.15) is 10.5 Å². The Morgan fingerprint density at radius 2 is 1.93 bits per heavy atom. The van der Waals surface area contributed by atoms with Crippen molar-refractivity contribution < 1.29 is 6.11 Å². The smallest absolute Gasteiger partial charge is 0.139 e. The van der Waals surface area contributed by atoms with Crippen LogP contribution in [0.4, 0.5) is 0 Å². The molecule has 1 aliphatic carbocycles. The summed E-state index contributed by atoms with van der Waals surface area (Å²) in [6.07, 6.45) is 1.47. The van der Waals surface area contributed by atoms with E-state index in [0.29, 0.717) is 6.42 Å². The highest BCUT2D eigenvalue weighted by molar-refractivity contribution is 5.16. The molecule has 15 heavy (non-hydrogen) atoms. The number of hydrogen-bond donors (Lipinski definition) is 0. The second kappa shape index (κ2) is 3.83. The van der Waals surface area contributed by atoms with E-state index >= 15 is 0 Å². The van der Waals surface area contributed by atoms with Crippen LogP contribution in [0, 0.1) is 39.4 Å². The quantitative estimate of drug-likeness (QED) is 0.699. The molecular formula is C12H18N2O. The minimum atomic E-state index is -1.70. The molecule has 2 unspecified atom stereocenters. The molecule has 0 bridgehead atoms. The van der Waals surface area contributed by atoms with E-state index in [4.69, 9.17) is 16.6 Å². The van der Waals surface area contributed by atoms with Crippen LogP contribution in [0.5, 0.6) is 0 Å². The van der Waals surface area contributed by atoms with Gasteiger partial charge in [0.05, 0.1) is 19.6 Å². The fourth-order valence-electron chi connectivity index (χ4n) is 2.59.